The lowest BCUT2D eigenvalue weighted by molar-refractivity contribution is -0.145. The maximum Gasteiger partial charge on any atom is 0.306 e. The lowest BCUT2D eigenvalue weighted by Gasteiger charge is -2.14. The van der Waals surface area contributed by atoms with Crippen LogP contribution in [0.5, 0.6) is 0 Å². The van der Waals surface area contributed by atoms with Crippen molar-refractivity contribution in [1.82, 2.24) is 0 Å². The predicted molar refractivity (Wildman–Crippen MR) is 47.5 cm³/mol. The number of carbonyl (C=O) groups is 2. The molecule has 0 fully saturated rings. The Morgan fingerprint density at radius 3 is 1.46 bits per heavy atom. The number of carboxylic acids is 2. The zero-order chi connectivity index (χ0) is 10.4. The van der Waals surface area contributed by atoms with E-state index in [1.165, 1.54) is 0 Å². The van der Waals surface area contributed by atoms with Crippen molar-refractivity contribution in [1.29, 1.82) is 0 Å². The average Bonchev–Trinajstić information content (AvgIpc) is 2.05. The first-order valence-electron chi connectivity index (χ1n) is 4.48. The minimum Gasteiger partial charge on any atom is -0.481 e. The Kier molecular flexibility index (Phi) is 5.11. The highest BCUT2D eigenvalue weighted by Crippen LogP contribution is 2.18. The Labute approximate surface area is 77.6 Å². The first-order valence-corrected chi connectivity index (χ1v) is 4.48. The van der Waals surface area contributed by atoms with Gasteiger partial charge >= 0.3 is 11.9 Å². The van der Waals surface area contributed by atoms with Gasteiger partial charge in [-0.1, -0.05) is 13.8 Å². The normalized spacial score (nSPS) is 14.9. The molecule has 0 radical (unpaired) electrons. The minimum atomic E-state index is -0.901. The SMILES string of the molecule is CCC(CC(CC)C(=O)O)C(=O)O. The highest BCUT2D eigenvalue weighted by atomic mass is 16.4. The third-order valence-electron chi connectivity index (χ3n) is 2.25. The molecule has 0 spiro atoms. The third-order valence-corrected chi connectivity index (χ3v) is 2.25. The number of aliphatic carboxylic acids is 2. The topological polar surface area (TPSA) is 74.6 Å². The van der Waals surface area contributed by atoms with Crippen LogP contribution in [0.2, 0.25) is 0 Å². The maximum absolute atomic E-state index is 10.6. The third kappa shape index (κ3) is 3.92. The van der Waals surface area contributed by atoms with Gasteiger partial charge in [-0.3, -0.25) is 9.59 Å². The van der Waals surface area contributed by atoms with Crippen molar-refractivity contribution in [2.24, 2.45) is 11.8 Å². The summed E-state index contributed by atoms with van der Waals surface area (Å²) in [4.78, 5) is 21.2. The van der Waals surface area contributed by atoms with Gasteiger partial charge in [0, 0.05) is 0 Å². The predicted octanol–water partition coefficient (Wildman–Crippen LogP) is 1.60. The van der Waals surface area contributed by atoms with Gasteiger partial charge in [-0.05, 0) is 19.3 Å². The highest BCUT2D eigenvalue weighted by molar-refractivity contribution is 5.73. The van der Waals surface area contributed by atoms with Crippen LogP contribution in [0.3, 0.4) is 0 Å². The maximum atomic E-state index is 10.6. The lowest BCUT2D eigenvalue weighted by atomic mass is 9.91. The van der Waals surface area contributed by atoms with Gasteiger partial charge < -0.3 is 10.2 Å². The number of hydrogen-bond donors (Lipinski definition) is 2. The molecule has 0 aliphatic heterocycles. The monoisotopic (exact) mass is 188 g/mol. The molecule has 0 heterocycles. The van der Waals surface area contributed by atoms with Crippen LogP contribution in [0.15, 0.2) is 0 Å². The van der Waals surface area contributed by atoms with Gasteiger partial charge in [0.2, 0.25) is 0 Å². The van der Waals surface area contributed by atoms with Crippen LogP contribution in [-0.2, 0) is 9.59 Å². The van der Waals surface area contributed by atoms with E-state index in [2.05, 4.69) is 0 Å². The van der Waals surface area contributed by atoms with E-state index in [4.69, 9.17) is 10.2 Å². The molecule has 0 aromatic rings. The van der Waals surface area contributed by atoms with Crippen molar-refractivity contribution in [2.75, 3.05) is 0 Å². The molecule has 13 heavy (non-hydrogen) atoms. The molecule has 4 heteroatoms. The second-order valence-corrected chi connectivity index (χ2v) is 3.12. The Morgan fingerprint density at radius 2 is 1.31 bits per heavy atom. The van der Waals surface area contributed by atoms with E-state index in [1.807, 2.05) is 0 Å². The van der Waals surface area contributed by atoms with Crippen molar-refractivity contribution in [3.8, 4) is 0 Å². The van der Waals surface area contributed by atoms with Crippen LogP contribution in [-0.4, -0.2) is 22.2 Å². The average molecular weight is 188 g/mol. The summed E-state index contributed by atoms with van der Waals surface area (Å²) in [5, 5.41) is 17.4. The van der Waals surface area contributed by atoms with Gasteiger partial charge in [-0.15, -0.1) is 0 Å². The summed E-state index contributed by atoms with van der Waals surface area (Å²) < 4.78 is 0. The Morgan fingerprint density at radius 1 is 1.00 bits per heavy atom. The molecule has 0 aromatic heterocycles. The standard InChI is InChI=1S/C9H16O4/c1-3-6(8(10)11)5-7(4-2)9(12)13/h6-7H,3-5H2,1-2H3,(H,10,11)(H,12,13). The van der Waals surface area contributed by atoms with Gasteiger partial charge in [0.15, 0.2) is 0 Å². The van der Waals surface area contributed by atoms with Crippen LogP contribution in [0.25, 0.3) is 0 Å². The van der Waals surface area contributed by atoms with Crippen LogP contribution < -0.4 is 0 Å². The molecular formula is C9H16O4. The number of hydrogen-bond acceptors (Lipinski definition) is 2. The van der Waals surface area contributed by atoms with E-state index in [0.717, 1.165) is 0 Å². The Hall–Kier alpha value is -1.06. The molecule has 0 amide bonds. The smallest absolute Gasteiger partial charge is 0.306 e. The van der Waals surface area contributed by atoms with Crippen LogP contribution >= 0.6 is 0 Å². The summed E-state index contributed by atoms with van der Waals surface area (Å²) in [5.41, 5.74) is 0. The summed E-state index contributed by atoms with van der Waals surface area (Å²) >= 11 is 0. The lowest BCUT2D eigenvalue weighted by Crippen LogP contribution is -2.21. The van der Waals surface area contributed by atoms with Crippen molar-refractivity contribution in [2.45, 2.75) is 33.1 Å². The molecule has 0 aliphatic carbocycles. The molecule has 0 aromatic carbocycles. The Balaban J connectivity index is 4.19. The summed E-state index contributed by atoms with van der Waals surface area (Å²) in [5.74, 6) is -2.86. The molecule has 0 saturated carbocycles. The fourth-order valence-electron chi connectivity index (χ4n) is 1.23. The zero-order valence-corrected chi connectivity index (χ0v) is 7.99. The molecular weight excluding hydrogens is 172 g/mol. The van der Waals surface area contributed by atoms with Gasteiger partial charge in [-0.25, -0.2) is 0 Å². The highest BCUT2D eigenvalue weighted by Gasteiger charge is 2.24. The molecule has 4 nitrogen and oxygen atoms in total. The van der Waals surface area contributed by atoms with Gasteiger partial charge in [0.05, 0.1) is 11.8 Å². The quantitative estimate of drug-likeness (QED) is 0.663. The second kappa shape index (κ2) is 5.56. The summed E-state index contributed by atoms with van der Waals surface area (Å²) in [7, 11) is 0. The first-order chi connectivity index (χ1) is 6.02. The van der Waals surface area contributed by atoms with Gasteiger partial charge in [-0.2, -0.15) is 0 Å². The van der Waals surface area contributed by atoms with E-state index in [-0.39, 0.29) is 6.42 Å². The van der Waals surface area contributed by atoms with Crippen LogP contribution in [0.1, 0.15) is 33.1 Å². The number of rotatable bonds is 6. The fraction of sp³-hybridized carbons (Fsp3) is 0.778. The van der Waals surface area contributed by atoms with E-state index < -0.39 is 23.8 Å². The van der Waals surface area contributed by atoms with Crippen LogP contribution in [0.4, 0.5) is 0 Å². The summed E-state index contributed by atoms with van der Waals surface area (Å²) in [6.45, 7) is 3.51. The van der Waals surface area contributed by atoms with Crippen molar-refractivity contribution >= 4 is 11.9 Å². The first kappa shape index (κ1) is 11.9. The number of carboxylic acid groups (broad SMARTS) is 2. The van der Waals surface area contributed by atoms with Crippen LogP contribution in [0, 0.1) is 11.8 Å². The zero-order valence-electron chi connectivity index (χ0n) is 7.99. The van der Waals surface area contributed by atoms with Crippen molar-refractivity contribution in [3.05, 3.63) is 0 Å². The Bertz CT molecular complexity index is 168. The summed E-state index contributed by atoms with van der Waals surface area (Å²) in [6, 6.07) is 0. The van der Waals surface area contributed by atoms with Crippen molar-refractivity contribution < 1.29 is 19.8 Å². The summed E-state index contributed by atoms with van der Waals surface area (Å²) in [6.07, 6.45) is 1.20. The van der Waals surface area contributed by atoms with E-state index in [9.17, 15) is 9.59 Å². The van der Waals surface area contributed by atoms with Crippen molar-refractivity contribution in [3.63, 3.8) is 0 Å². The molecule has 2 unspecified atom stereocenters. The molecule has 0 aliphatic rings. The van der Waals surface area contributed by atoms with E-state index in [0.29, 0.717) is 12.8 Å². The molecule has 2 atom stereocenters. The van der Waals surface area contributed by atoms with Gasteiger partial charge in [0.25, 0.3) is 0 Å². The molecule has 76 valence electrons. The molecule has 0 saturated heterocycles. The minimum absolute atomic E-state index is 0.234. The molecule has 0 bridgehead atoms. The molecule has 0 rings (SSSR count). The van der Waals surface area contributed by atoms with E-state index in [1.54, 1.807) is 13.8 Å². The largest absolute Gasteiger partial charge is 0.481 e. The fourth-order valence-corrected chi connectivity index (χ4v) is 1.23. The van der Waals surface area contributed by atoms with E-state index >= 15 is 0 Å². The second-order valence-electron chi connectivity index (χ2n) is 3.12. The van der Waals surface area contributed by atoms with Gasteiger partial charge in [0.1, 0.15) is 0 Å². The molecule has 2 N–H and O–H groups in total.